The van der Waals surface area contributed by atoms with E-state index >= 15 is 0 Å². The summed E-state index contributed by atoms with van der Waals surface area (Å²) in [7, 11) is 0. The number of rotatable bonds is 14. The van der Waals surface area contributed by atoms with Gasteiger partial charge >= 0.3 is 5.97 Å². The van der Waals surface area contributed by atoms with Gasteiger partial charge < -0.3 is 10.1 Å². The number of anilines is 1. The molecule has 31 heavy (non-hydrogen) atoms. The van der Waals surface area contributed by atoms with Gasteiger partial charge in [0.1, 0.15) is 10.6 Å². The number of nitrogens with one attached hydrogen (secondary N) is 1. The minimum absolute atomic E-state index is 0.0438. The molecule has 170 valence electrons. The Morgan fingerprint density at radius 2 is 1.55 bits per heavy atom. The van der Waals surface area contributed by atoms with Gasteiger partial charge in [0.2, 0.25) is 5.91 Å². The predicted molar refractivity (Wildman–Crippen MR) is 134 cm³/mol. The van der Waals surface area contributed by atoms with Crippen LogP contribution in [0.4, 0.5) is 5.00 Å². The molecule has 0 aliphatic carbocycles. The molecule has 4 nitrogen and oxygen atoms in total. The highest BCUT2D eigenvalue weighted by molar-refractivity contribution is 9.10. The van der Waals surface area contributed by atoms with Crippen LogP contribution in [-0.2, 0) is 9.53 Å². The first kappa shape index (κ1) is 25.6. The third-order valence-corrected chi connectivity index (χ3v) is 6.61. The van der Waals surface area contributed by atoms with Gasteiger partial charge in [-0.2, -0.15) is 0 Å². The average Bonchev–Trinajstić information content (AvgIpc) is 3.16. The zero-order valence-corrected chi connectivity index (χ0v) is 21.1. The van der Waals surface area contributed by atoms with Crippen LogP contribution in [0.25, 0.3) is 11.1 Å². The highest BCUT2D eigenvalue weighted by Crippen LogP contribution is 2.36. The SMILES string of the molecule is CCCCCCCCCCCC(=O)Nc1scc(-c2ccc(Br)cc2)c1C(=O)OCC. The number of halogens is 1. The van der Waals surface area contributed by atoms with Gasteiger partial charge in [-0.1, -0.05) is 86.4 Å². The molecule has 0 radical (unpaired) electrons. The maximum Gasteiger partial charge on any atom is 0.341 e. The predicted octanol–water partition coefficient (Wildman–Crippen LogP) is 8.21. The second-order valence-corrected chi connectivity index (χ2v) is 9.50. The van der Waals surface area contributed by atoms with Crippen LogP contribution in [0.2, 0.25) is 0 Å². The molecule has 0 spiro atoms. The molecule has 0 bridgehead atoms. The minimum Gasteiger partial charge on any atom is -0.462 e. The molecule has 0 saturated carbocycles. The minimum atomic E-state index is -0.403. The van der Waals surface area contributed by atoms with Gasteiger partial charge in [0.25, 0.3) is 0 Å². The number of benzene rings is 1. The van der Waals surface area contributed by atoms with Crippen LogP contribution >= 0.6 is 27.3 Å². The van der Waals surface area contributed by atoms with Gasteiger partial charge in [-0.05, 0) is 31.0 Å². The number of esters is 1. The fraction of sp³-hybridized carbons (Fsp3) is 0.520. The standard InChI is InChI=1S/C25H34BrNO3S/c1-3-5-6-7-8-9-10-11-12-13-22(28)27-24-23(25(29)30-4-2)21(18-31-24)19-14-16-20(26)17-15-19/h14-18H,3-13H2,1-2H3,(H,27,28). The first-order valence-corrected chi connectivity index (χ1v) is 13.1. The number of hydrogen-bond acceptors (Lipinski definition) is 4. The Kier molecular flexibility index (Phi) is 11.9. The number of ether oxygens (including phenoxy) is 1. The summed E-state index contributed by atoms with van der Waals surface area (Å²) in [5.41, 5.74) is 2.14. The van der Waals surface area contributed by atoms with Crippen molar-refractivity contribution >= 4 is 44.1 Å². The molecule has 0 saturated heterocycles. The molecule has 1 amide bonds. The fourth-order valence-corrected chi connectivity index (χ4v) is 4.72. The van der Waals surface area contributed by atoms with Crippen molar-refractivity contribution < 1.29 is 14.3 Å². The smallest absolute Gasteiger partial charge is 0.341 e. The van der Waals surface area contributed by atoms with E-state index < -0.39 is 5.97 Å². The van der Waals surface area contributed by atoms with Crippen molar-refractivity contribution in [3.05, 3.63) is 39.7 Å². The molecule has 0 aliphatic rings. The van der Waals surface area contributed by atoms with Crippen LogP contribution in [0.15, 0.2) is 34.1 Å². The zero-order valence-electron chi connectivity index (χ0n) is 18.7. The Labute approximate surface area is 198 Å². The lowest BCUT2D eigenvalue weighted by Crippen LogP contribution is -2.14. The molecule has 0 aliphatic heterocycles. The summed E-state index contributed by atoms with van der Waals surface area (Å²) in [6, 6.07) is 7.76. The lowest BCUT2D eigenvalue weighted by Gasteiger charge is -2.09. The van der Waals surface area contributed by atoms with Crippen molar-refractivity contribution in [2.45, 2.75) is 78.1 Å². The summed E-state index contributed by atoms with van der Waals surface area (Å²) in [5, 5.41) is 5.42. The molecule has 2 aromatic rings. The lowest BCUT2D eigenvalue weighted by atomic mass is 10.0. The van der Waals surface area contributed by atoms with Crippen LogP contribution < -0.4 is 5.32 Å². The molecule has 0 unspecified atom stereocenters. The second kappa shape index (κ2) is 14.4. The number of unbranched alkanes of at least 4 members (excludes halogenated alkanes) is 8. The third kappa shape index (κ3) is 8.77. The van der Waals surface area contributed by atoms with E-state index in [1.54, 1.807) is 6.92 Å². The normalized spacial score (nSPS) is 10.8. The van der Waals surface area contributed by atoms with Crippen molar-refractivity contribution in [1.29, 1.82) is 0 Å². The molecular weight excluding hydrogens is 474 g/mol. The number of carbonyl (C=O) groups is 2. The van der Waals surface area contributed by atoms with Gasteiger partial charge in [0.05, 0.1) is 6.61 Å². The molecule has 1 heterocycles. The van der Waals surface area contributed by atoms with Gasteiger partial charge in [0.15, 0.2) is 0 Å². The molecule has 6 heteroatoms. The van der Waals surface area contributed by atoms with Crippen molar-refractivity contribution in [3.63, 3.8) is 0 Å². The molecule has 1 aromatic carbocycles. The molecule has 2 rings (SSSR count). The van der Waals surface area contributed by atoms with Gasteiger partial charge in [-0.3, -0.25) is 4.79 Å². The molecular formula is C25H34BrNO3S. The van der Waals surface area contributed by atoms with Gasteiger partial charge in [-0.15, -0.1) is 11.3 Å². The Bertz CT molecular complexity index is 817. The Hall–Kier alpha value is -1.66. The van der Waals surface area contributed by atoms with Crippen LogP contribution in [0.5, 0.6) is 0 Å². The highest BCUT2D eigenvalue weighted by Gasteiger charge is 2.22. The summed E-state index contributed by atoms with van der Waals surface area (Å²) in [6.45, 7) is 4.31. The lowest BCUT2D eigenvalue weighted by molar-refractivity contribution is -0.116. The van der Waals surface area contributed by atoms with Gasteiger partial charge in [0, 0.05) is 21.8 Å². The number of thiophene rings is 1. The van der Waals surface area contributed by atoms with E-state index in [0.29, 0.717) is 23.6 Å². The first-order chi connectivity index (χ1) is 15.1. The Morgan fingerprint density at radius 3 is 2.16 bits per heavy atom. The van der Waals surface area contributed by atoms with E-state index in [1.807, 2.05) is 29.6 Å². The summed E-state index contributed by atoms with van der Waals surface area (Å²) >= 11 is 4.81. The monoisotopic (exact) mass is 507 g/mol. The van der Waals surface area contributed by atoms with Crippen molar-refractivity contribution in [2.24, 2.45) is 0 Å². The summed E-state index contributed by atoms with van der Waals surface area (Å²) in [5.74, 6) is -0.447. The Morgan fingerprint density at radius 1 is 0.935 bits per heavy atom. The van der Waals surface area contributed by atoms with Crippen molar-refractivity contribution in [1.82, 2.24) is 0 Å². The topological polar surface area (TPSA) is 55.4 Å². The van der Waals surface area contributed by atoms with Crippen LogP contribution in [0.3, 0.4) is 0 Å². The van der Waals surface area contributed by atoms with Crippen LogP contribution in [-0.4, -0.2) is 18.5 Å². The fourth-order valence-electron chi connectivity index (χ4n) is 3.48. The molecule has 0 fully saturated rings. The third-order valence-electron chi connectivity index (χ3n) is 5.19. The van der Waals surface area contributed by atoms with Crippen LogP contribution in [0, 0.1) is 0 Å². The number of amides is 1. The molecule has 0 atom stereocenters. The van der Waals surface area contributed by atoms with E-state index in [2.05, 4.69) is 28.2 Å². The van der Waals surface area contributed by atoms with E-state index in [4.69, 9.17) is 4.74 Å². The summed E-state index contributed by atoms with van der Waals surface area (Å²) < 4.78 is 6.23. The molecule has 1 N–H and O–H groups in total. The maximum atomic E-state index is 12.6. The van der Waals surface area contributed by atoms with Gasteiger partial charge in [-0.25, -0.2) is 4.79 Å². The number of carbonyl (C=O) groups excluding carboxylic acids is 2. The quantitative estimate of drug-likeness (QED) is 0.207. The number of hydrogen-bond donors (Lipinski definition) is 1. The van der Waals surface area contributed by atoms with E-state index in [0.717, 1.165) is 28.4 Å². The molecule has 1 aromatic heterocycles. The van der Waals surface area contributed by atoms with E-state index in [-0.39, 0.29) is 5.91 Å². The van der Waals surface area contributed by atoms with Crippen molar-refractivity contribution in [3.8, 4) is 11.1 Å². The summed E-state index contributed by atoms with van der Waals surface area (Å²) in [4.78, 5) is 25.1. The van der Waals surface area contributed by atoms with Crippen LogP contribution in [0.1, 0.15) is 88.4 Å². The maximum absolute atomic E-state index is 12.6. The Balaban J connectivity index is 1.89. The zero-order chi connectivity index (χ0) is 22.5. The second-order valence-electron chi connectivity index (χ2n) is 7.71. The van der Waals surface area contributed by atoms with E-state index in [1.165, 1.54) is 56.3 Å². The highest BCUT2D eigenvalue weighted by atomic mass is 79.9. The van der Waals surface area contributed by atoms with E-state index in [9.17, 15) is 9.59 Å². The van der Waals surface area contributed by atoms with Crippen molar-refractivity contribution in [2.75, 3.05) is 11.9 Å². The largest absolute Gasteiger partial charge is 0.462 e. The average molecular weight is 509 g/mol. The summed E-state index contributed by atoms with van der Waals surface area (Å²) in [6.07, 6.45) is 11.4. The first-order valence-electron chi connectivity index (χ1n) is 11.4.